The summed E-state index contributed by atoms with van der Waals surface area (Å²) in [6.07, 6.45) is 0. The number of piperazine rings is 1. The van der Waals surface area contributed by atoms with Gasteiger partial charge in [0, 0.05) is 36.8 Å². The van der Waals surface area contributed by atoms with Crippen molar-refractivity contribution in [1.29, 1.82) is 0 Å². The van der Waals surface area contributed by atoms with Gasteiger partial charge < -0.3 is 5.32 Å². The number of rotatable bonds is 7. The first-order valence-corrected chi connectivity index (χ1v) is 12.1. The summed E-state index contributed by atoms with van der Waals surface area (Å²) in [5.74, 6) is -2.72. The lowest BCUT2D eigenvalue weighted by Crippen LogP contribution is -2.50. The second kappa shape index (κ2) is 10.1. The second-order valence-corrected chi connectivity index (χ2v) is 10.4. The number of hydrogen-bond acceptors (Lipinski definition) is 5. The van der Waals surface area contributed by atoms with Crippen LogP contribution >= 0.6 is 11.8 Å². The van der Waals surface area contributed by atoms with Gasteiger partial charge in [0.15, 0.2) is 0 Å². The Morgan fingerprint density at radius 2 is 1.68 bits per heavy atom. The van der Waals surface area contributed by atoms with Crippen molar-refractivity contribution in [2.24, 2.45) is 0 Å². The molecule has 1 saturated heterocycles. The summed E-state index contributed by atoms with van der Waals surface area (Å²) >= 11 is 0.448. The molecule has 31 heavy (non-hydrogen) atoms. The van der Waals surface area contributed by atoms with Crippen molar-refractivity contribution in [3.63, 3.8) is 0 Å². The van der Waals surface area contributed by atoms with Crippen LogP contribution in [0.3, 0.4) is 0 Å². The monoisotopic (exact) mass is 469 g/mol. The van der Waals surface area contributed by atoms with E-state index in [1.54, 1.807) is 24.3 Å². The van der Waals surface area contributed by atoms with Crippen LogP contribution in [0, 0.1) is 13.8 Å². The Kier molecular flexibility index (Phi) is 7.68. The zero-order chi connectivity index (χ0) is 22.6. The van der Waals surface area contributed by atoms with Crippen LogP contribution in [-0.4, -0.2) is 62.0 Å². The van der Waals surface area contributed by atoms with E-state index in [0.29, 0.717) is 48.5 Å². The average Bonchev–Trinajstić information content (AvgIpc) is 2.71. The molecule has 1 aliphatic rings. The summed E-state index contributed by atoms with van der Waals surface area (Å²) < 4.78 is 52.0. The molecule has 0 spiro atoms. The third kappa shape index (κ3) is 6.25. The molecule has 1 amide bonds. The standard InChI is InChI=1S/C21H25F2N3O3S2/c1-15-3-8-19(13-16(15)2)31(28,29)26-11-9-25(10-12-26)14-20(27)24-17-4-6-18(7-5-17)30-21(22)23/h3-8,13,21H,9-12,14H2,1-2H3,(H,24,27). The molecule has 0 aliphatic carbocycles. The first-order chi connectivity index (χ1) is 14.6. The largest absolute Gasteiger partial charge is 0.325 e. The first kappa shape index (κ1) is 23.6. The van der Waals surface area contributed by atoms with Crippen molar-refractivity contribution in [1.82, 2.24) is 9.21 Å². The van der Waals surface area contributed by atoms with Crippen LogP contribution in [0.1, 0.15) is 11.1 Å². The van der Waals surface area contributed by atoms with Gasteiger partial charge in [-0.25, -0.2) is 8.42 Å². The van der Waals surface area contributed by atoms with Crippen LogP contribution in [0.25, 0.3) is 0 Å². The summed E-state index contributed by atoms with van der Waals surface area (Å²) in [4.78, 5) is 14.9. The predicted octanol–water partition coefficient (Wildman–Crippen LogP) is 3.56. The van der Waals surface area contributed by atoms with Crippen molar-refractivity contribution in [2.75, 3.05) is 38.0 Å². The van der Waals surface area contributed by atoms with Crippen LogP contribution in [0.15, 0.2) is 52.3 Å². The van der Waals surface area contributed by atoms with Gasteiger partial charge >= 0.3 is 0 Å². The maximum Gasteiger partial charge on any atom is 0.288 e. The van der Waals surface area contributed by atoms with Gasteiger partial charge in [0.05, 0.1) is 11.4 Å². The van der Waals surface area contributed by atoms with Gasteiger partial charge in [0.1, 0.15) is 0 Å². The molecule has 6 nitrogen and oxygen atoms in total. The number of hydrogen-bond donors (Lipinski definition) is 1. The lowest BCUT2D eigenvalue weighted by Gasteiger charge is -2.33. The van der Waals surface area contributed by atoms with Crippen molar-refractivity contribution < 1.29 is 22.0 Å². The Labute approximate surface area is 185 Å². The fourth-order valence-electron chi connectivity index (χ4n) is 3.27. The van der Waals surface area contributed by atoms with Gasteiger partial charge in [-0.3, -0.25) is 9.69 Å². The molecule has 1 N–H and O–H groups in total. The predicted molar refractivity (Wildman–Crippen MR) is 118 cm³/mol. The van der Waals surface area contributed by atoms with Crippen LogP contribution < -0.4 is 5.32 Å². The van der Waals surface area contributed by atoms with Crippen molar-refractivity contribution in [2.45, 2.75) is 29.4 Å². The molecule has 1 heterocycles. The fraction of sp³-hybridized carbons (Fsp3) is 0.381. The van der Waals surface area contributed by atoms with Crippen LogP contribution in [0.5, 0.6) is 0 Å². The number of sulfonamides is 1. The zero-order valence-corrected chi connectivity index (χ0v) is 19.0. The Morgan fingerprint density at radius 1 is 1.03 bits per heavy atom. The molecular formula is C21H25F2N3O3S2. The highest BCUT2D eigenvalue weighted by molar-refractivity contribution is 7.99. The third-order valence-corrected chi connectivity index (χ3v) is 7.80. The van der Waals surface area contributed by atoms with Crippen LogP contribution in [0.4, 0.5) is 14.5 Å². The van der Waals surface area contributed by atoms with Crippen LogP contribution in [0.2, 0.25) is 0 Å². The maximum absolute atomic E-state index is 12.9. The quantitative estimate of drug-likeness (QED) is 0.628. The number of benzene rings is 2. The van der Waals surface area contributed by atoms with Crippen molar-refractivity contribution in [3.05, 3.63) is 53.6 Å². The SMILES string of the molecule is Cc1ccc(S(=O)(=O)N2CCN(CC(=O)Nc3ccc(SC(F)F)cc3)CC2)cc1C. The molecule has 0 bridgehead atoms. The summed E-state index contributed by atoms with van der Waals surface area (Å²) in [6.45, 7) is 5.46. The number of amides is 1. The summed E-state index contributed by atoms with van der Waals surface area (Å²) in [5, 5.41) is 2.74. The Morgan fingerprint density at radius 3 is 2.26 bits per heavy atom. The molecule has 0 radical (unpaired) electrons. The number of aryl methyl sites for hydroxylation is 2. The topological polar surface area (TPSA) is 69.7 Å². The summed E-state index contributed by atoms with van der Waals surface area (Å²) in [7, 11) is -3.56. The molecule has 0 saturated carbocycles. The van der Waals surface area contributed by atoms with Gasteiger partial charge in [-0.1, -0.05) is 17.8 Å². The number of carbonyl (C=O) groups is 1. The summed E-state index contributed by atoms with van der Waals surface area (Å²) in [6, 6.07) is 11.3. The molecule has 0 aromatic heterocycles. The van der Waals surface area contributed by atoms with Gasteiger partial charge in [-0.2, -0.15) is 13.1 Å². The minimum absolute atomic E-state index is 0.130. The maximum atomic E-state index is 12.9. The highest BCUT2D eigenvalue weighted by atomic mass is 32.2. The highest BCUT2D eigenvalue weighted by Gasteiger charge is 2.29. The molecular weight excluding hydrogens is 444 g/mol. The lowest BCUT2D eigenvalue weighted by atomic mass is 10.1. The Balaban J connectivity index is 1.51. The number of thioether (sulfide) groups is 1. The van der Waals surface area contributed by atoms with Gasteiger partial charge in [-0.05, 0) is 61.4 Å². The van der Waals surface area contributed by atoms with Crippen LogP contribution in [-0.2, 0) is 14.8 Å². The Hall–Kier alpha value is -2.01. The number of nitrogens with zero attached hydrogens (tertiary/aromatic N) is 2. The average molecular weight is 470 g/mol. The summed E-state index contributed by atoms with van der Waals surface area (Å²) in [5.41, 5.74) is 2.49. The molecule has 168 valence electrons. The molecule has 1 aliphatic heterocycles. The van der Waals surface area contributed by atoms with E-state index in [9.17, 15) is 22.0 Å². The minimum atomic E-state index is -3.56. The minimum Gasteiger partial charge on any atom is -0.325 e. The van der Waals surface area contributed by atoms with Gasteiger partial charge in [0.25, 0.3) is 5.76 Å². The van der Waals surface area contributed by atoms with Gasteiger partial charge in [0.2, 0.25) is 15.9 Å². The smallest absolute Gasteiger partial charge is 0.288 e. The molecule has 3 rings (SSSR count). The fourth-order valence-corrected chi connectivity index (χ4v) is 5.28. The normalized spacial score (nSPS) is 15.9. The molecule has 2 aromatic rings. The van der Waals surface area contributed by atoms with E-state index in [0.717, 1.165) is 11.1 Å². The van der Waals surface area contributed by atoms with Gasteiger partial charge in [-0.15, -0.1) is 0 Å². The molecule has 0 atom stereocenters. The molecule has 2 aromatic carbocycles. The van der Waals surface area contributed by atoms with E-state index in [1.165, 1.54) is 16.4 Å². The number of alkyl halides is 2. The molecule has 0 unspecified atom stereocenters. The molecule has 1 fully saturated rings. The van der Waals surface area contributed by atoms with E-state index in [-0.39, 0.29) is 17.3 Å². The van der Waals surface area contributed by atoms with E-state index in [2.05, 4.69) is 5.32 Å². The number of anilines is 1. The van der Waals surface area contributed by atoms with Crippen molar-refractivity contribution >= 4 is 33.4 Å². The number of carbonyl (C=O) groups excluding carboxylic acids is 1. The first-order valence-electron chi connectivity index (χ1n) is 9.79. The van der Waals surface area contributed by atoms with Crippen molar-refractivity contribution in [3.8, 4) is 0 Å². The van der Waals surface area contributed by atoms with E-state index < -0.39 is 15.8 Å². The Bertz CT molecular complexity index is 1020. The highest BCUT2D eigenvalue weighted by Crippen LogP contribution is 2.26. The molecule has 10 heteroatoms. The second-order valence-electron chi connectivity index (χ2n) is 7.38. The lowest BCUT2D eigenvalue weighted by molar-refractivity contribution is -0.117. The third-order valence-electron chi connectivity index (χ3n) is 5.18. The van der Waals surface area contributed by atoms with E-state index in [1.807, 2.05) is 24.8 Å². The van der Waals surface area contributed by atoms with E-state index in [4.69, 9.17) is 0 Å². The zero-order valence-electron chi connectivity index (χ0n) is 17.3. The van der Waals surface area contributed by atoms with E-state index >= 15 is 0 Å². The number of halogens is 2. The number of nitrogens with one attached hydrogen (secondary N) is 1.